The minimum Gasteiger partial charge on any atom is -0.449 e. The highest BCUT2D eigenvalue weighted by Crippen LogP contribution is 2.72. The normalized spacial score (nSPS) is 40.9. The molecule has 1 aromatic carbocycles. The number of carbonyl (C=O) groups excluding carboxylic acids is 4. The molecule has 1 N–H and O–H groups in total. The molecular weight excluding hydrogens is 600 g/mol. The number of thioether (sulfide) groups is 1. The van der Waals surface area contributed by atoms with Crippen LogP contribution in [-0.4, -0.2) is 57.1 Å². The molecule has 9 atom stereocenters. The van der Waals surface area contributed by atoms with Gasteiger partial charge in [-0.15, -0.1) is 0 Å². The molecule has 0 heterocycles. The lowest BCUT2D eigenvalue weighted by Crippen LogP contribution is -2.70. The van der Waals surface area contributed by atoms with E-state index in [0.29, 0.717) is 30.7 Å². The van der Waals surface area contributed by atoms with Gasteiger partial charge < -0.3 is 9.84 Å². The number of ketones is 2. The minimum absolute atomic E-state index is 0.0259. The summed E-state index contributed by atoms with van der Waals surface area (Å²) in [5, 5.41) is 11.0. The third-order valence-corrected chi connectivity index (χ3v) is 12.2. The number of esters is 1. The zero-order valence-electron chi connectivity index (χ0n) is 24.6. The Morgan fingerprint density at radius 1 is 1.11 bits per heavy atom. The van der Waals surface area contributed by atoms with E-state index in [1.165, 1.54) is 19.1 Å². The fraction of sp³-hybridized carbons (Fsp3) is 0.576. The average Bonchev–Trinajstić information content (AvgIpc) is 3.78. The molecule has 0 bridgehead atoms. The van der Waals surface area contributed by atoms with Crippen LogP contribution in [0.4, 0.5) is 17.6 Å². The number of Topliss-reactive ketones (excluding diaryl/α,β-unsaturated/α-hetero) is 1. The van der Waals surface area contributed by atoms with Crippen LogP contribution in [0.3, 0.4) is 0 Å². The Balaban J connectivity index is 1.38. The Bertz CT molecular complexity index is 1520. The molecule has 236 valence electrons. The molecule has 0 spiro atoms. The van der Waals surface area contributed by atoms with Gasteiger partial charge in [-0.05, 0) is 74.8 Å². The van der Waals surface area contributed by atoms with Crippen molar-refractivity contribution in [3.05, 3.63) is 59.2 Å². The van der Waals surface area contributed by atoms with Gasteiger partial charge in [0, 0.05) is 28.7 Å². The first kappa shape index (κ1) is 31.2. The highest BCUT2D eigenvalue weighted by molar-refractivity contribution is 8.14. The Morgan fingerprint density at radius 3 is 2.48 bits per heavy atom. The largest absolute Gasteiger partial charge is 0.449 e. The highest BCUT2D eigenvalue weighted by atomic mass is 32.2. The second-order valence-electron chi connectivity index (χ2n) is 13.6. The number of carbonyl (C=O) groups is 4. The van der Waals surface area contributed by atoms with Crippen LogP contribution in [0.5, 0.6) is 0 Å². The molecular formula is C33H34F4O6S. The van der Waals surface area contributed by atoms with E-state index in [1.54, 1.807) is 13.8 Å². The van der Waals surface area contributed by atoms with Gasteiger partial charge >= 0.3 is 5.97 Å². The number of halogens is 4. The summed E-state index contributed by atoms with van der Waals surface area (Å²) in [6.45, 7) is 4.83. The van der Waals surface area contributed by atoms with Gasteiger partial charge in [0.25, 0.3) is 0 Å². The van der Waals surface area contributed by atoms with Gasteiger partial charge in [-0.3, -0.25) is 19.2 Å². The van der Waals surface area contributed by atoms with E-state index >= 15 is 8.78 Å². The zero-order chi connectivity index (χ0) is 32.0. The molecule has 0 aliphatic heterocycles. The van der Waals surface area contributed by atoms with Crippen LogP contribution in [0.2, 0.25) is 0 Å². The van der Waals surface area contributed by atoms with Gasteiger partial charge in [0.05, 0.1) is 23.3 Å². The maximum atomic E-state index is 17.6. The lowest BCUT2D eigenvalue weighted by Gasteiger charge is -2.63. The topological polar surface area (TPSA) is 97.7 Å². The molecule has 4 saturated carbocycles. The quantitative estimate of drug-likeness (QED) is 0.245. The number of hydrogen-bond donors (Lipinski definition) is 1. The summed E-state index contributed by atoms with van der Waals surface area (Å²) < 4.78 is 67.3. The predicted molar refractivity (Wildman–Crippen MR) is 153 cm³/mol. The van der Waals surface area contributed by atoms with Crippen LogP contribution < -0.4 is 0 Å². The fourth-order valence-corrected chi connectivity index (χ4v) is 9.92. The first-order valence-corrected chi connectivity index (χ1v) is 15.9. The molecule has 0 aromatic heterocycles. The second kappa shape index (κ2) is 10.4. The van der Waals surface area contributed by atoms with Crippen molar-refractivity contribution in [2.45, 2.75) is 76.4 Å². The Hall–Kier alpha value is -2.79. The molecule has 5 aliphatic carbocycles. The van der Waals surface area contributed by atoms with Crippen LogP contribution in [0.1, 0.15) is 63.2 Å². The van der Waals surface area contributed by atoms with Crippen molar-refractivity contribution >= 4 is 34.4 Å². The highest BCUT2D eigenvalue weighted by Gasteiger charge is 2.78. The minimum atomic E-state index is -2.38. The van der Waals surface area contributed by atoms with Gasteiger partial charge in [0.1, 0.15) is 17.8 Å². The number of fused-ring (bicyclic) bond motifs is 5. The Labute approximate surface area is 256 Å². The summed E-state index contributed by atoms with van der Waals surface area (Å²) in [7, 11) is 0. The SMILES string of the molecule is C[C@@H]1C[C@H]2[C@@H]3C[C@H](F)C4=CC(=O)C=C[C@]4(C)[C@@]3(F)[C@@H](O)C[C@]2(C)[C@@]1(OC(=O)C1CC1)C(=O)SCC(=O)c1ccc(F)cc1F. The molecule has 0 radical (unpaired) electrons. The first-order valence-electron chi connectivity index (χ1n) is 14.9. The number of benzene rings is 1. The van der Waals surface area contributed by atoms with Crippen molar-refractivity contribution in [1.82, 2.24) is 0 Å². The maximum Gasteiger partial charge on any atom is 0.309 e. The number of alkyl halides is 2. The standard InChI is InChI=1S/C33H34F4O6S/c1-16-10-21-22-13-25(36)23-12-19(38)8-9-30(23,2)32(22,37)27(40)14-31(21,3)33(16,43-28(41)17-4-5-17)29(42)44-15-26(39)20-7-6-18(34)11-24(20)35/h6-9,11-12,16-17,21-22,25,27,40H,4-5,10,13-15H2,1-3H3/t16-,21+,22+,25+,27+,30+,31+,32+,33+/m1/s1. The molecule has 6 nitrogen and oxygen atoms in total. The summed E-state index contributed by atoms with van der Waals surface area (Å²) in [5.41, 5.74) is -7.67. The summed E-state index contributed by atoms with van der Waals surface area (Å²) in [6.07, 6.45) is 0.908. The van der Waals surface area contributed by atoms with E-state index in [9.17, 15) is 33.1 Å². The maximum absolute atomic E-state index is 17.6. The van der Waals surface area contributed by atoms with Gasteiger partial charge in [-0.1, -0.05) is 31.7 Å². The number of allylic oxidation sites excluding steroid dienone is 4. The summed E-state index contributed by atoms with van der Waals surface area (Å²) in [6, 6.07) is 2.48. The van der Waals surface area contributed by atoms with Crippen molar-refractivity contribution in [3.8, 4) is 0 Å². The Morgan fingerprint density at radius 2 is 1.82 bits per heavy atom. The van der Waals surface area contributed by atoms with Crippen molar-refractivity contribution in [3.63, 3.8) is 0 Å². The predicted octanol–water partition coefficient (Wildman–Crippen LogP) is 5.66. The fourth-order valence-electron chi connectivity index (χ4n) is 8.81. The van der Waals surface area contributed by atoms with Crippen molar-refractivity contribution in [1.29, 1.82) is 0 Å². The Kier molecular flexibility index (Phi) is 7.35. The van der Waals surface area contributed by atoms with Gasteiger partial charge in [0.2, 0.25) is 5.12 Å². The zero-order valence-corrected chi connectivity index (χ0v) is 25.4. The number of aliphatic hydroxyl groups excluding tert-OH is 1. The van der Waals surface area contributed by atoms with Gasteiger partial charge in [0.15, 0.2) is 22.8 Å². The number of rotatable bonds is 6. The van der Waals surface area contributed by atoms with Gasteiger partial charge in [-0.25, -0.2) is 17.6 Å². The molecule has 1 aromatic rings. The van der Waals surface area contributed by atoms with Crippen molar-refractivity contribution in [2.24, 2.45) is 34.5 Å². The molecule has 44 heavy (non-hydrogen) atoms. The molecule has 6 rings (SSSR count). The van der Waals surface area contributed by atoms with Gasteiger partial charge in [-0.2, -0.15) is 0 Å². The van der Waals surface area contributed by atoms with Crippen LogP contribution in [0.15, 0.2) is 42.0 Å². The molecule has 0 saturated heterocycles. The second-order valence-corrected chi connectivity index (χ2v) is 14.5. The lowest BCUT2D eigenvalue weighted by molar-refractivity contribution is -0.229. The monoisotopic (exact) mass is 634 g/mol. The smallest absolute Gasteiger partial charge is 0.309 e. The van der Waals surface area contributed by atoms with Crippen LogP contribution in [0.25, 0.3) is 0 Å². The average molecular weight is 635 g/mol. The van der Waals surface area contributed by atoms with E-state index in [4.69, 9.17) is 4.74 Å². The van der Waals surface area contributed by atoms with Crippen molar-refractivity contribution < 1.29 is 46.6 Å². The molecule has 5 aliphatic rings. The van der Waals surface area contributed by atoms with E-state index in [2.05, 4.69) is 0 Å². The first-order chi connectivity index (χ1) is 20.6. The molecule has 0 unspecified atom stereocenters. The van der Waals surface area contributed by atoms with E-state index in [1.807, 2.05) is 0 Å². The third kappa shape index (κ3) is 4.24. The van der Waals surface area contributed by atoms with E-state index in [0.717, 1.165) is 18.2 Å². The van der Waals surface area contributed by atoms with Crippen molar-refractivity contribution in [2.75, 3.05) is 5.75 Å². The summed E-state index contributed by atoms with van der Waals surface area (Å²) in [4.78, 5) is 52.5. The number of ether oxygens (including phenoxy) is 1. The summed E-state index contributed by atoms with van der Waals surface area (Å²) >= 11 is 0.535. The van der Waals surface area contributed by atoms with E-state index < -0.39 is 104 Å². The third-order valence-electron chi connectivity index (χ3n) is 11.2. The van der Waals surface area contributed by atoms with Crippen LogP contribution in [-0.2, 0) is 19.1 Å². The number of hydrogen-bond acceptors (Lipinski definition) is 7. The lowest BCUT2D eigenvalue weighted by atomic mass is 9.44. The molecule has 4 fully saturated rings. The van der Waals surface area contributed by atoms with Crippen LogP contribution >= 0.6 is 11.8 Å². The molecule has 0 amide bonds. The number of aliphatic hydroxyl groups is 1. The van der Waals surface area contributed by atoms with E-state index in [-0.39, 0.29) is 24.8 Å². The van der Waals surface area contributed by atoms with Crippen LogP contribution in [0, 0.1) is 46.1 Å². The summed E-state index contributed by atoms with van der Waals surface area (Å²) in [5.74, 6) is -7.23. The molecule has 11 heteroatoms.